The van der Waals surface area contributed by atoms with Crippen LogP contribution in [0.5, 0.6) is 0 Å². The average molecular weight is 425 g/mol. The van der Waals surface area contributed by atoms with Gasteiger partial charge in [0, 0.05) is 11.8 Å². The molecule has 0 aromatic rings. The van der Waals surface area contributed by atoms with E-state index in [0.29, 0.717) is 5.06 Å². The van der Waals surface area contributed by atoms with Crippen molar-refractivity contribution in [3.8, 4) is 6.07 Å². The number of carbonyl (C=O) groups is 2. The summed E-state index contributed by atoms with van der Waals surface area (Å²) in [4.78, 5) is 27.3. The number of alkyl halides is 5. The highest BCUT2D eigenvalue weighted by atomic mass is 19.4. The molecular weight excluding hydrogens is 409 g/mol. The zero-order valence-corrected chi connectivity index (χ0v) is 14.8. The lowest BCUT2D eigenvalue weighted by atomic mass is 9.95. The Labute approximate surface area is 160 Å². The minimum absolute atomic E-state index is 0.147. The number of nitrogens with two attached hydrogens (primary N) is 1. The number of hydroxylamine groups is 2. The number of hydrogen-bond acceptors (Lipinski definition) is 6. The fraction of sp³-hybridized carbons (Fsp3) is 0.438. The highest BCUT2D eigenvalue weighted by Crippen LogP contribution is 2.42. The zero-order chi connectivity index (χ0) is 22.6. The second-order valence-electron chi connectivity index (χ2n) is 5.81. The molecule has 160 valence electrons. The number of hydrogen-bond donors (Lipinski definition) is 3. The average Bonchev–Trinajstić information content (AvgIpc) is 2.59. The van der Waals surface area contributed by atoms with Crippen molar-refractivity contribution in [3.05, 3.63) is 35.1 Å². The molecule has 4 N–H and O–H groups in total. The van der Waals surface area contributed by atoms with Gasteiger partial charge in [-0.1, -0.05) is 0 Å². The Balaban J connectivity index is 3.52. The van der Waals surface area contributed by atoms with E-state index >= 15 is 0 Å². The first-order valence-electron chi connectivity index (χ1n) is 7.84. The van der Waals surface area contributed by atoms with Crippen LogP contribution >= 0.6 is 0 Å². The molecule has 0 bridgehead atoms. The maximum atomic E-state index is 13.9. The Morgan fingerprint density at radius 1 is 1.34 bits per heavy atom. The summed E-state index contributed by atoms with van der Waals surface area (Å²) in [5.41, 5.74) is 3.53. The fourth-order valence-electron chi connectivity index (χ4n) is 2.40. The normalized spacial score (nSPS) is 19.2. The van der Waals surface area contributed by atoms with Crippen LogP contribution in [0.25, 0.3) is 0 Å². The summed E-state index contributed by atoms with van der Waals surface area (Å²) in [5.74, 6) is -8.96. The summed E-state index contributed by atoms with van der Waals surface area (Å²) in [5, 5.41) is 27.7. The molecule has 0 aromatic heterocycles. The Hall–Kier alpha value is -2.98. The molecule has 0 fully saturated rings. The Morgan fingerprint density at radius 2 is 1.93 bits per heavy atom. The van der Waals surface area contributed by atoms with Gasteiger partial charge in [0.05, 0.1) is 17.2 Å². The van der Waals surface area contributed by atoms with E-state index in [1.807, 2.05) is 0 Å². The molecule has 1 aliphatic rings. The van der Waals surface area contributed by atoms with Crippen LogP contribution in [-0.4, -0.2) is 58.0 Å². The monoisotopic (exact) mass is 425 g/mol. The Morgan fingerprint density at radius 3 is 2.34 bits per heavy atom. The molecule has 0 spiro atoms. The van der Waals surface area contributed by atoms with Gasteiger partial charge in [-0.2, -0.15) is 27.2 Å². The topological polar surface area (TPSA) is 137 Å². The van der Waals surface area contributed by atoms with Gasteiger partial charge >= 0.3 is 24.0 Å². The predicted octanol–water partition coefficient (Wildman–Crippen LogP) is 1.97. The van der Waals surface area contributed by atoms with Gasteiger partial charge in [-0.05, 0) is 32.0 Å². The third-order valence-electron chi connectivity index (χ3n) is 3.78. The third-order valence-corrected chi connectivity index (χ3v) is 3.78. The summed E-state index contributed by atoms with van der Waals surface area (Å²) < 4.78 is 66.2. The van der Waals surface area contributed by atoms with E-state index in [1.165, 1.54) is 6.92 Å². The summed E-state index contributed by atoms with van der Waals surface area (Å²) in [6.07, 6.45) is -7.47. The Kier molecular flexibility index (Phi) is 7.48. The Bertz CT molecular complexity index is 798. The van der Waals surface area contributed by atoms with Crippen LogP contribution < -0.4 is 5.73 Å². The summed E-state index contributed by atoms with van der Waals surface area (Å²) in [7, 11) is 0. The molecule has 2 atom stereocenters. The molecule has 13 heteroatoms. The van der Waals surface area contributed by atoms with Crippen molar-refractivity contribution in [1.29, 1.82) is 5.26 Å². The predicted molar refractivity (Wildman–Crippen MR) is 86.0 cm³/mol. The number of nitrogens with zero attached hydrogens (tertiary/aromatic N) is 2. The number of aliphatic carboxylic acids is 2. The van der Waals surface area contributed by atoms with Crippen molar-refractivity contribution in [3.63, 3.8) is 0 Å². The molecule has 8 nitrogen and oxygen atoms in total. The van der Waals surface area contributed by atoms with E-state index < -0.39 is 60.3 Å². The molecule has 0 aromatic carbocycles. The van der Waals surface area contributed by atoms with Gasteiger partial charge in [-0.3, -0.25) is 4.84 Å². The van der Waals surface area contributed by atoms with Crippen molar-refractivity contribution < 1.29 is 46.6 Å². The fourth-order valence-corrected chi connectivity index (χ4v) is 2.40. The van der Waals surface area contributed by atoms with Crippen molar-refractivity contribution >= 4 is 11.9 Å². The van der Waals surface area contributed by atoms with Gasteiger partial charge in [0.25, 0.3) is 0 Å². The van der Waals surface area contributed by atoms with Gasteiger partial charge in [0.15, 0.2) is 6.10 Å². The first-order valence-corrected chi connectivity index (χ1v) is 7.84. The van der Waals surface area contributed by atoms with Crippen LogP contribution in [0.2, 0.25) is 0 Å². The van der Waals surface area contributed by atoms with Crippen LogP contribution in [0.1, 0.15) is 13.3 Å². The van der Waals surface area contributed by atoms with Gasteiger partial charge in [0.2, 0.25) is 0 Å². The molecule has 2 unspecified atom stereocenters. The highest BCUT2D eigenvalue weighted by molar-refractivity contribution is 5.96. The number of rotatable bonds is 8. The molecule has 1 aliphatic heterocycles. The van der Waals surface area contributed by atoms with Gasteiger partial charge in [-0.25, -0.2) is 14.7 Å². The summed E-state index contributed by atoms with van der Waals surface area (Å²) in [6, 6.07) is -0.335. The van der Waals surface area contributed by atoms with Crippen molar-refractivity contribution in [2.75, 3.05) is 6.54 Å². The molecule has 0 saturated carbocycles. The lowest BCUT2D eigenvalue weighted by Crippen LogP contribution is -2.53. The van der Waals surface area contributed by atoms with Gasteiger partial charge < -0.3 is 15.9 Å². The molecular formula is C16H16F5N3O5. The molecule has 0 saturated heterocycles. The third kappa shape index (κ3) is 5.30. The highest BCUT2D eigenvalue weighted by Gasteiger charge is 2.63. The number of allylic oxidation sites excluding steroid dienone is 3. The molecule has 1 heterocycles. The van der Waals surface area contributed by atoms with E-state index in [0.717, 1.165) is 12.2 Å². The molecule has 0 amide bonds. The van der Waals surface area contributed by atoms with E-state index in [2.05, 4.69) is 0 Å². The maximum Gasteiger partial charge on any atom is 0.456 e. The second kappa shape index (κ2) is 9.01. The van der Waals surface area contributed by atoms with E-state index in [4.69, 9.17) is 15.7 Å². The largest absolute Gasteiger partial charge is 0.478 e. The lowest BCUT2D eigenvalue weighted by molar-refractivity contribution is -0.348. The summed E-state index contributed by atoms with van der Waals surface area (Å²) >= 11 is 0. The lowest BCUT2D eigenvalue weighted by Gasteiger charge is -2.39. The summed E-state index contributed by atoms with van der Waals surface area (Å²) in [6.45, 7) is 0.554. The zero-order valence-electron chi connectivity index (χ0n) is 14.8. The van der Waals surface area contributed by atoms with E-state index in [-0.39, 0.29) is 11.8 Å². The van der Waals surface area contributed by atoms with Crippen molar-refractivity contribution in [1.82, 2.24) is 5.06 Å². The van der Waals surface area contributed by atoms with Crippen molar-refractivity contribution in [2.45, 2.75) is 37.6 Å². The smallest absolute Gasteiger partial charge is 0.456 e. The van der Waals surface area contributed by atoms with E-state index in [9.17, 15) is 41.9 Å². The first-order chi connectivity index (χ1) is 13.3. The number of halogens is 5. The number of carboxylic acid groups (broad SMARTS) is 2. The molecule has 0 aliphatic carbocycles. The van der Waals surface area contributed by atoms with Gasteiger partial charge in [0.1, 0.15) is 6.04 Å². The maximum absolute atomic E-state index is 13.9. The molecule has 0 radical (unpaired) electrons. The van der Waals surface area contributed by atoms with Crippen LogP contribution in [0, 0.1) is 11.3 Å². The SMILES string of the molecule is CC1=CC=C(C#N)C(/C(=C/C(=O)O)C(=O)O)N1OC(CCN)C(F)(F)C(F)(F)F. The number of nitriles is 1. The van der Waals surface area contributed by atoms with E-state index in [1.54, 1.807) is 6.07 Å². The second-order valence-corrected chi connectivity index (χ2v) is 5.81. The molecule has 1 rings (SSSR count). The standard InChI is InChI=1S/C16H16F5N3O5/c1-8-2-3-9(7-23)13(10(14(27)28)6-12(25)26)24(8)29-11(4-5-22)15(17,18)16(19,20)21/h2-3,6,11,13H,4-5,22H2,1H3,(H,25,26)(H,27,28)/b10-6-. The van der Waals surface area contributed by atoms with Crippen LogP contribution in [-0.2, 0) is 14.4 Å². The minimum atomic E-state index is -6.00. The van der Waals surface area contributed by atoms with Crippen LogP contribution in [0.3, 0.4) is 0 Å². The first kappa shape index (κ1) is 24.1. The minimum Gasteiger partial charge on any atom is -0.478 e. The van der Waals surface area contributed by atoms with Crippen LogP contribution in [0.4, 0.5) is 22.0 Å². The van der Waals surface area contributed by atoms with Gasteiger partial charge in [-0.15, -0.1) is 0 Å². The number of carboxylic acids is 2. The quantitative estimate of drug-likeness (QED) is 0.397. The van der Waals surface area contributed by atoms with Crippen molar-refractivity contribution in [2.24, 2.45) is 5.73 Å². The molecule has 29 heavy (non-hydrogen) atoms. The van der Waals surface area contributed by atoms with Crippen LogP contribution in [0.15, 0.2) is 35.1 Å².